The third kappa shape index (κ3) is 2.84. The van der Waals surface area contributed by atoms with Crippen LogP contribution in [0.3, 0.4) is 0 Å². The summed E-state index contributed by atoms with van der Waals surface area (Å²) >= 11 is 0. The predicted octanol–water partition coefficient (Wildman–Crippen LogP) is 1.72. The molecule has 1 fully saturated rings. The summed E-state index contributed by atoms with van der Waals surface area (Å²) in [5.41, 5.74) is 0.432. The van der Waals surface area contributed by atoms with Crippen molar-refractivity contribution >= 4 is 5.91 Å². The number of carbonyl (C=O) groups excluding carboxylic acids is 1. The molecule has 0 aliphatic heterocycles. The highest BCUT2D eigenvalue weighted by atomic mass is 16.1. The molecule has 0 bridgehead atoms. The molecule has 0 aromatic carbocycles. The normalized spacial score (nSPS) is 16.0. The largest absolute Gasteiger partial charge is 0.348 e. The van der Waals surface area contributed by atoms with Gasteiger partial charge < -0.3 is 5.32 Å². The molecule has 0 spiro atoms. The quantitative estimate of drug-likeness (QED) is 0.922. The maximum absolute atomic E-state index is 12.2. The highest BCUT2D eigenvalue weighted by Crippen LogP contribution is 2.17. The van der Waals surface area contributed by atoms with Crippen LogP contribution >= 0.6 is 0 Å². The smallest absolute Gasteiger partial charge is 0.270 e. The maximum atomic E-state index is 12.2. The topological polar surface area (TPSA) is 72.7 Å². The van der Waals surface area contributed by atoms with E-state index in [0.717, 1.165) is 12.8 Å². The highest BCUT2D eigenvalue weighted by molar-refractivity contribution is 5.92. The summed E-state index contributed by atoms with van der Waals surface area (Å²) in [6, 6.07) is 5.65. The Bertz CT molecular complexity index is 575. The van der Waals surface area contributed by atoms with Gasteiger partial charge in [0.1, 0.15) is 24.2 Å². The molecular formula is C14H17N5O. The summed E-state index contributed by atoms with van der Waals surface area (Å²) in [6.45, 7) is 0. The first-order valence-corrected chi connectivity index (χ1v) is 6.96. The molecule has 1 aliphatic carbocycles. The molecule has 1 saturated carbocycles. The van der Waals surface area contributed by atoms with Crippen molar-refractivity contribution in [1.82, 2.24) is 25.1 Å². The van der Waals surface area contributed by atoms with E-state index in [4.69, 9.17) is 0 Å². The van der Waals surface area contributed by atoms with Crippen LogP contribution in [0, 0.1) is 0 Å². The van der Waals surface area contributed by atoms with Crippen LogP contribution in [0.5, 0.6) is 0 Å². The van der Waals surface area contributed by atoms with E-state index in [0.29, 0.717) is 11.5 Å². The van der Waals surface area contributed by atoms with Crippen molar-refractivity contribution in [3.05, 3.63) is 36.5 Å². The summed E-state index contributed by atoms with van der Waals surface area (Å²) in [4.78, 5) is 16.6. The van der Waals surface area contributed by atoms with Gasteiger partial charge in [0.05, 0.1) is 0 Å². The molecule has 1 N–H and O–H groups in total. The summed E-state index contributed by atoms with van der Waals surface area (Å²) in [7, 11) is 0. The van der Waals surface area contributed by atoms with Gasteiger partial charge in [-0.1, -0.05) is 25.3 Å². The third-order valence-corrected chi connectivity index (χ3v) is 3.59. The van der Waals surface area contributed by atoms with Crippen molar-refractivity contribution in [3.8, 4) is 5.82 Å². The van der Waals surface area contributed by atoms with Crippen LogP contribution in [0.25, 0.3) is 5.82 Å². The Kier molecular flexibility index (Phi) is 3.71. The maximum Gasteiger partial charge on any atom is 0.270 e. The second-order valence-corrected chi connectivity index (χ2v) is 5.06. The Hall–Kier alpha value is -2.24. The van der Waals surface area contributed by atoms with Crippen LogP contribution in [0.15, 0.2) is 30.9 Å². The minimum Gasteiger partial charge on any atom is -0.348 e. The molecule has 6 heteroatoms. The van der Waals surface area contributed by atoms with Gasteiger partial charge >= 0.3 is 0 Å². The van der Waals surface area contributed by atoms with E-state index in [-0.39, 0.29) is 11.9 Å². The van der Waals surface area contributed by atoms with Crippen molar-refractivity contribution in [1.29, 1.82) is 0 Å². The van der Waals surface area contributed by atoms with Gasteiger partial charge in [-0.25, -0.2) is 4.98 Å². The number of aromatic nitrogens is 4. The van der Waals surface area contributed by atoms with Crippen LogP contribution in [0.2, 0.25) is 0 Å². The van der Waals surface area contributed by atoms with E-state index in [2.05, 4.69) is 20.5 Å². The lowest BCUT2D eigenvalue weighted by molar-refractivity contribution is 0.0922. The standard InChI is InChI=1S/C14H17N5O/c20-14(17-11-5-2-1-3-6-11)12-7-4-8-13(18-12)19-9-15-16-10-19/h4,7-11H,1-3,5-6H2,(H,17,20). The lowest BCUT2D eigenvalue weighted by Crippen LogP contribution is -2.36. The number of amides is 1. The Morgan fingerprint density at radius 1 is 1.15 bits per heavy atom. The SMILES string of the molecule is O=C(NC1CCCCC1)c1cccc(-n2cnnc2)n1. The fourth-order valence-corrected chi connectivity index (χ4v) is 2.52. The zero-order valence-electron chi connectivity index (χ0n) is 11.2. The molecule has 2 aromatic heterocycles. The number of rotatable bonds is 3. The van der Waals surface area contributed by atoms with Crippen molar-refractivity contribution < 1.29 is 4.79 Å². The monoisotopic (exact) mass is 271 g/mol. The summed E-state index contributed by atoms with van der Waals surface area (Å²) in [5.74, 6) is 0.540. The average Bonchev–Trinajstić information content (AvgIpc) is 3.03. The lowest BCUT2D eigenvalue weighted by Gasteiger charge is -2.22. The first kappa shape index (κ1) is 12.8. The van der Waals surface area contributed by atoms with Crippen molar-refractivity contribution in [3.63, 3.8) is 0 Å². The molecule has 104 valence electrons. The van der Waals surface area contributed by atoms with E-state index >= 15 is 0 Å². The fraction of sp³-hybridized carbons (Fsp3) is 0.429. The second kappa shape index (κ2) is 5.81. The minimum absolute atomic E-state index is 0.105. The van der Waals surface area contributed by atoms with Gasteiger partial charge in [-0.3, -0.25) is 9.36 Å². The van der Waals surface area contributed by atoms with Gasteiger partial charge in [0.25, 0.3) is 5.91 Å². The first-order valence-electron chi connectivity index (χ1n) is 6.96. The average molecular weight is 271 g/mol. The van der Waals surface area contributed by atoms with Gasteiger partial charge in [-0.2, -0.15) is 0 Å². The lowest BCUT2D eigenvalue weighted by atomic mass is 9.95. The molecule has 1 amide bonds. The molecule has 0 atom stereocenters. The van der Waals surface area contributed by atoms with Crippen LogP contribution in [-0.2, 0) is 0 Å². The predicted molar refractivity (Wildman–Crippen MR) is 73.5 cm³/mol. The van der Waals surface area contributed by atoms with E-state index in [1.807, 2.05) is 12.1 Å². The number of carbonyl (C=O) groups is 1. The number of hydrogen-bond donors (Lipinski definition) is 1. The number of nitrogens with zero attached hydrogens (tertiary/aromatic N) is 4. The fourth-order valence-electron chi connectivity index (χ4n) is 2.52. The summed E-state index contributed by atoms with van der Waals surface area (Å²) < 4.78 is 1.68. The molecule has 3 rings (SSSR count). The van der Waals surface area contributed by atoms with Gasteiger partial charge in [0, 0.05) is 6.04 Å². The van der Waals surface area contributed by atoms with Crippen molar-refractivity contribution in [2.75, 3.05) is 0 Å². The zero-order valence-corrected chi connectivity index (χ0v) is 11.2. The Morgan fingerprint density at radius 2 is 1.90 bits per heavy atom. The van der Waals surface area contributed by atoms with Crippen LogP contribution in [-0.4, -0.2) is 31.7 Å². The summed E-state index contributed by atoms with van der Waals surface area (Å²) in [5, 5.41) is 10.5. The second-order valence-electron chi connectivity index (χ2n) is 5.06. The molecule has 2 heterocycles. The Labute approximate surface area is 117 Å². The summed E-state index contributed by atoms with van der Waals surface area (Å²) in [6.07, 6.45) is 8.91. The Morgan fingerprint density at radius 3 is 2.65 bits per heavy atom. The highest BCUT2D eigenvalue weighted by Gasteiger charge is 2.17. The van der Waals surface area contributed by atoms with Crippen LogP contribution in [0.4, 0.5) is 0 Å². The van der Waals surface area contributed by atoms with Crippen molar-refractivity contribution in [2.45, 2.75) is 38.1 Å². The molecule has 0 saturated heterocycles. The zero-order chi connectivity index (χ0) is 13.8. The molecule has 2 aromatic rings. The van der Waals surface area contributed by atoms with E-state index in [1.165, 1.54) is 19.3 Å². The Balaban J connectivity index is 1.73. The van der Waals surface area contributed by atoms with Crippen LogP contribution in [0.1, 0.15) is 42.6 Å². The number of pyridine rings is 1. The molecule has 0 radical (unpaired) electrons. The minimum atomic E-state index is -0.105. The van der Waals surface area contributed by atoms with Crippen LogP contribution < -0.4 is 5.32 Å². The third-order valence-electron chi connectivity index (χ3n) is 3.59. The number of hydrogen-bond acceptors (Lipinski definition) is 4. The van der Waals surface area contributed by atoms with Gasteiger partial charge in [-0.15, -0.1) is 10.2 Å². The molecule has 6 nitrogen and oxygen atoms in total. The van der Waals surface area contributed by atoms with Gasteiger partial charge in [0.15, 0.2) is 0 Å². The van der Waals surface area contributed by atoms with Crippen molar-refractivity contribution in [2.24, 2.45) is 0 Å². The molecule has 1 aliphatic rings. The molecular weight excluding hydrogens is 254 g/mol. The number of nitrogens with one attached hydrogen (secondary N) is 1. The van der Waals surface area contributed by atoms with Gasteiger partial charge in [0.2, 0.25) is 0 Å². The molecule has 20 heavy (non-hydrogen) atoms. The molecule has 0 unspecified atom stereocenters. The van der Waals surface area contributed by atoms with E-state index < -0.39 is 0 Å². The van der Waals surface area contributed by atoms with Gasteiger partial charge in [-0.05, 0) is 25.0 Å². The van der Waals surface area contributed by atoms with E-state index in [1.54, 1.807) is 23.3 Å². The van der Waals surface area contributed by atoms with E-state index in [9.17, 15) is 4.79 Å². The first-order chi connectivity index (χ1) is 9.83.